The highest BCUT2D eigenvalue weighted by molar-refractivity contribution is 6.08. The van der Waals surface area contributed by atoms with Gasteiger partial charge in [0.15, 0.2) is 6.61 Å². The molecular weight excluding hydrogens is 387 g/mol. The van der Waals surface area contributed by atoms with Gasteiger partial charge in [0.2, 0.25) is 0 Å². The molecule has 0 aromatic heterocycles. The molecule has 0 atom stereocenters. The summed E-state index contributed by atoms with van der Waals surface area (Å²) in [5, 5.41) is 5.19. The van der Waals surface area contributed by atoms with E-state index in [1.54, 1.807) is 36.4 Å². The van der Waals surface area contributed by atoms with Crippen LogP contribution < -0.4 is 10.6 Å². The Labute approximate surface area is 172 Å². The van der Waals surface area contributed by atoms with Gasteiger partial charge in [0.25, 0.3) is 11.8 Å². The fraction of sp³-hybridized carbons (Fsp3) is 0.0870. The molecule has 0 aliphatic heterocycles. The Hall–Kier alpha value is -4.00. The molecule has 7 heteroatoms. The molecule has 0 saturated heterocycles. The van der Waals surface area contributed by atoms with Gasteiger partial charge in [0.1, 0.15) is 5.82 Å². The minimum Gasteiger partial charge on any atom is -0.452 e. The molecule has 0 bridgehead atoms. The quantitative estimate of drug-likeness (QED) is 0.602. The maximum atomic E-state index is 12.9. The summed E-state index contributed by atoms with van der Waals surface area (Å²) in [6, 6.07) is 18.6. The first-order valence-electron chi connectivity index (χ1n) is 9.12. The molecule has 152 valence electrons. The number of para-hydroxylation sites is 1. The van der Waals surface area contributed by atoms with Gasteiger partial charge in [-0.1, -0.05) is 29.8 Å². The number of aryl methyl sites for hydroxylation is 1. The van der Waals surface area contributed by atoms with Crippen molar-refractivity contribution in [1.82, 2.24) is 0 Å². The van der Waals surface area contributed by atoms with E-state index in [0.717, 1.165) is 5.56 Å². The Morgan fingerprint density at radius 2 is 1.63 bits per heavy atom. The van der Waals surface area contributed by atoms with Crippen LogP contribution in [0.2, 0.25) is 0 Å². The van der Waals surface area contributed by atoms with E-state index in [1.165, 1.54) is 30.3 Å². The summed E-state index contributed by atoms with van der Waals surface area (Å²) in [7, 11) is 0. The maximum Gasteiger partial charge on any atom is 0.340 e. The molecular formula is C23H19FN2O4. The van der Waals surface area contributed by atoms with Crippen LogP contribution >= 0.6 is 0 Å². The number of carbonyl (C=O) groups excluding carboxylic acids is 3. The molecule has 0 radical (unpaired) electrons. The van der Waals surface area contributed by atoms with Crippen molar-refractivity contribution in [3.05, 3.63) is 95.3 Å². The normalized spacial score (nSPS) is 10.2. The van der Waals surface area contributed by atoms with E-state index in [2.05, 4.69) is 10.6 Å². The predicted molar refractivity (Wildman–Crippen MR) is 111 cm³/mol. The second kappa shape index (κ2) is 9.47. The van der Waals surface area contributed by atoms with Crippen LogP contribution in [0.25, 0.3) is 0 Å². The number of anilines is 2. The summed E-state index contributed by atoms with van der Waals surface area (Å²) in [6.07, 6.45) is 0. The minimum absolute atomic E-state index is 0.119. The zero-order chi connectivity index (χ0) is 21.5. The summed E-state index contributed by atoms with van der Waals surface area (Å²) < 4.78 is 18.0. The molecule has 6 nitrogen and oxygen atoms in total. The Bertz CT molecular complexity index is 1080. The molecule has 3 aromatic carbocycles. The lowest BCUT2D eigenvalue weighted by atomic mass is 10.1. The van der Waals surface area contributed by atoms with Crippen LogP contribution in [-0.4, -0.2) is 24.4 Å². The van der Waals surface area contributed by atoms with Crippen LogP contribution in [0.5, 0.6) is 0 Å². The molecule has 0 fully saturated rings. The van der Waals surface area contributed by atoms with E-state index < -0.39 is 24.3 Å². The van der Waals surface area contributed by atoms with E-state index in [4.69, 9.17) is 4.74 Å². The largest absolute Gasteiger partial charge is 0.452 e. The SMILES string of the molecule is Cc1cccc(C(=O)Nc2ccccc2C(=O)OCC(=O)Nc2ccc(F)cc2)c1. The molecule has 3 aromatic rings. The second-order valence-electron chi connectivity index (χ2n) is 6.50. The average Bonchev–Trinajstić information content (AvgIpc) is 2.74. The highest BCUT2D eigenvalue weighted by Gasteiger charge is 2.16. The number of hydrogen-bond donors (Lipinski definition) is 2. The number of hydrogen-bond acceptors (Lipinski definition) is 4. The summed E-state index contributed by atoms with van der Waals surface area (Å²) in [5.41, 5.74) is 2.16. The van der Waals surface area contributed by atoms with Gasteiger partial charge in [-0.2, -0.15) is 0 Å². The first kappa shape index (κ1) is 20.7. The molecule has 0 aliphatic carbocycles. The van der Waals surface area contributed by atoms with Gasteiger partial charge in [-0.05, 0) is 55.5 Å². The Balaban J connectivity index is 1.63. The van der Waals surface area contributed by atoms with Gasteiger partial charge >= 0.3 is 5.97 Å². The van der Waals surface area contributed by atoms with Crippen molar-refractivity contribution in [2.24, 2.45) is 0 Å². The molecule has 0 spiro atoms. The first-order chi connectivity index (χ1) is 14.4. The third kappa shape index (κ3) is 5.51. The van der Waals surface area contributed by atoms with Crippen molar-refractivity contribution in [3.63, 3.8) is 0 Å². The summed E-state index contributed by atoms with van der Waals surface area (Å²) in [4.78, 5) is 36.9. The van der Waals surface area contributed by atoms with E-state index in [-0.39, 0.29) is 17.2 Å². The summed E-state index contributed by atoms with van der Waals surface area (Å²) >= 11 is 0. The number of benzene rings is 3. The number of esters is 1. The van der Waals surface area contributed by atoms with E-state index in [9.17, 15) is 18.8 Å². The van der Waals surface area contributed by atoms with Crippen LogP contribution in [-0.2, 0) is 9.53 Å². The molecule has 30 heavy (non-hydrogen) atoms. The number of rotatable bonds is 6. The van der Waals surface area contributed by atoms with Crippen LogP contribution in [0.1, 0.15) is 26.3 Å². The fourth-order valence-corrected chi connectivity index (χ4v) is 2.69. The van der Waals surface area contributed by atoms with Crippen LogP contribution in [0.3, 0.4) is 0 Å². The molecule has 0 aliphatic rings. The molecule has 2 N–H and O–H groups in total. The standard InChI is InChI=1S/C23H19FN2O4/c1-15-5-4-6-16(13-15)22(28)26-20-8-3-2-7-19(20)23(29)30-14-21(27)25-18-11-9-17(24)10-12-18/h2-13H,14H2,1H3,(H,25,27)(H,26,28). The van der Waals surface area contributed by atoms with Crippen LogP contribution in [0.15, 0.2) is 72.8 Å². The zero-order valence-electron chi connectivity index (χ0n) is 16.1. The highest BCUT2D eigenvalue weighted by Crippen LogP contribution is 2.18. The monoisotopic (exact) mass is 406 g/mol. The van der Waals surface area contributed by atoms with Gasteiger partial charge < -0.3 is 15.4 Å². The maximum absolute atomic E-state index is 12.9. The average molecular weight is 406 g/mol. The minimum atomic E-state index is -0.760. The lowest BCUT2D eigenvalue weighted by molar-refractivity contribution is -0.119. The van der Waals surface area contributed by atoms with E-state index in [1.807, 2.05) is 13.0 Å². The van der Waals surface area contributed by atoms with Gasteiger partial charge in [-0.25, -0.2) is 9.18 Å². The van der Waals surface area contributed by atoms with Gasteiger partial charge in [-0.15, -0.1) is 0 Å². The Morgan fingerprint density at radius 3 is 2.37 bits per heavy atom. The number of amides is 2. The lowest BCUT2D eigenvalue weighted by Crippen LogP contribution is -2.22. The van der Waals surface area contributed by atoms with E-state index >= 15 is 0 Å². The summed E-state index contributed by atoms with van der Waals surface area (Å²) in [5.74, 6) is -2.13. The van der Waals surface area contributed by atoms with Crippen molar-refractivity contribution in [1.29, 1.82) is 0 Å². The van der Waals surface area contributed by atoms with Crippen molar-refractivity contribution in [3.8, 4) is 0 Å². The molecule has 3 rings (SSSR count). The van der Waals surface area contributed by atoms with E-state index in [0.29, 0.717) is 11.3 Å². The zero-order valence-corrected chi connectivity index (χ0v) is 16.1. The Kier molecular flexibility index (Phi) is 6.54. The van der Waals surface area contributed by atoms with Gasteiger partial charge in [0, 0.05) is 11.3 Å². The highest BCUT2D eigenvalue weighted by atomic mass is 19.1. The summed E-state index contributed by atoms with van der Waals surface area (Å²) in [6.45, 7) is 1.34. The molecule has 2 amide bonds. The number of nitrogens with one attached hydrogen (secondary N) is 2. The van der Waals surface area contributed by atoms with Crippen molar-refractivity contribution in [2.45, 2.75) is 6.92 Å². The smallest absolute Gasteiger partial charge is 0.340 e. The third-order valence-electron chi connectivity index (χ3n) is 4.14. The van der Waals surface area contributed by atoms with Crippen molar-refractivity contribution < 1.29 is 23.5 Å². The Morgan fingerprint density at radius 1 is 0.900 bits per heavy atom. The number of halogens is 1. The number of ether oxygens (including phenoxy) is 1. The van der Waals surface area contributed by atoms with Crippen LogP contribution in [0.4, 0.5) is 15.8 Å². The second-order valence-corrected chi connectivity index (χ2v) is 6.50. The van der Waals surface area contributed by atoms with Gasteiger partial charge in [-0.3, -0.25) is 9.59 Å². The van der Waals surface area contributed by atoms with Crippen molar-refractivity contribution >= 4 is 29.2 Å². The lowest BCUT2D eigenvalue weighted by Gasteiger charge is -2.11. The predicted octanol–water partition coefficient (Wildman–Crippen LogP) is 4.18. The molecule has 0 saturated carbocycles. The molecule has 0 unspecified atom stereocenters. The third-order valence-corrected chi connectivity index (χ3v) is 4.14. The number of carbonyl (C=O) groups is 3. The van der Waals surface area contributed by atoms with Crippen LogP contribution in [0, 0.1) is 12.7 Å². The fourth-order valence-electron chi connectivity index (χ4n) is 2.69. The topological polar surface area (TPSA) is 84.5 Å². The molecule has 0 heterocycles. The van der Waals surface area contributed by atoms with Gasteiger partial charge in [0.05, 0.1) is 11.3 Å². The van der Waals surface area contributed by atoms with Crippen molar-refractivity contribution in [2.75, 3.05) is 17.2 Å². The first-order valence-corrected chi connectivity index (χ1v) is 9.12.